The Kier molecular flexibility index (Phi) is 7.02. The third-order valence-electron chi connectivity index (χ3n) is 12.9. The molecular weight excluding hydrogens is 771 g/mol. The molecule has 0 atom stereocenters. The lowest BCUT2D eigenvalue weighted by molar-refractivity contribution is 0.664. The zero-order chi connectivity index (χ0) is 41.2. The molecule has 0 aliphatic carbocycles. The second-order valence-corrected chi connectivity index (χ2v) is 16.4. The van der Waals surface area contributed by atoms with Gasteiger partial charge in [-0.2, -0.15) is 0 Å². The fraction of sp³-hybridized carbons (Fsp3) is 0. The molecule has 0 unspecified atom stereocenters. The van der Waals surface area contributed by atoms with Gasteiger partial charge in [0.2, 0.25) is 0 Å². The van der Waals surface area contributed by atoms with Gasteiger partial charge in [-0.15, -0.1) is 0 Å². The summed E-state index contributed by atoms with van der Waals surface area (Å²) in [4.78, 5) is 15.6. The highest BCUT2D eigenvalue weighted by Crippen LogP contribution is 2.45. The van der Waals surface area contributed by atoms with Gasteiger partial charge < -0.3 is 13.6 Å². The maximum absolute atomic E-state index is 6.66. The lowest BCUT2D eigenvalue weighted by Crippen LogP contribution is -2.00. The molecule has 4 aromatic heterocycles. The SMILES string of the molecule is c1ccc(-c2nc(-c3ccc4cc(-n5c6ccc7cccc8oc9cccc%10ccc5c(c%109)c6c78)ccc4c3)nc(-c3cccc4c3c3ccccc3n4-c3ccccc3)n2)cc1. The average Bonchev–Trinajstić information content (AvgIpc) is 3.82. The number of benzene rings is 10. The molecule has 14 rings (SSSR count). The molecule has 0 radical (unpaired) electrons. The van der Waals surface area contributed by atoms with Crippen LogP contribution in [-0.4, -0.2) is 24.1 Å². The van der Waals surface area contributed by atoms with E-state index in [4.69, 9.17) is 19.4 Å². The van der Waals surface area contributed by atoms with Gasteiger partial charge in [-0.3, -0.25) is 0 Å². The number of nitrogens with zero attached hydrogens (tertiary/aromatic N) is 5. The highest BCUT2D eigenvalue weighted by molar-refractivity contribution is 6.33. The smallest absolute Gasteiger partial charge is 0.164 e. The van der Waals surface area contributed by atoms with E-state index in [9.17, 15) is 0 Å². The largest absolute Gasteiger partial charge is 0.456 e. The van der Waals surface area contributed by atoms with E-state index in [1.54, 1.807) is 0 Å². The molecule has 0 spiro atoms. The van der Waals surface area contributed by atoms with Crippen LogP contribution in [0.3, 0.4) is 0 Å². The molecular formula is C57H33N5O. The summed E-state index contributed by atoms with van der Waals surface area (Å²) in [6.07, 6.45) is 0. The molecule has 6 nitrogen and oxygen atoms in total. The van der Waals surface area contributed by atoms with Crippen LogP contribution in [0.15, 0.2) is 205 Å². The van der Waals surface area contributed by atoms with E-state index in [2.05, 4.69) is 191 Å². The highest BCUT2D eigenvalue weighted by Gasteiger charge is 2.23. The number of aromatic nitrogens is 5. The highest BCUT2D eigenvalue weighted by atomic mass is 16.3. The van der Waals surface area contributed by atoms with Gasteiger partial charge in [0.25, 0.3) is 0 Å². The van der Waals surface area contributed by atoms with Crippen molar-refractivity contribution in [1.82, 2.24) is 24.1 Å². The Labute approximate surface area is 359 Å². The third-order valence-corrected chi connectivity index (χ3v) is 12.9. The van der Waals surface area contributed by atoms with E-state index in [-0.39, 0.29) is 0 Å². The Balaban J connectivity index is 0.951. The van der Waals surface area contributed by atoms with Gasteiger partial charge in [0.15, 0.2) is 17.5 Å². The summed E-state index contributed by atoms with van der Waals surface area (Å²) in [6, 6.07) is 70.7. The molecule has 0 aliphatic heterocycles. The van der Waals surface area contributed by atoms with Crippen LogP contribution in [0.1, 0.15) is 0 Å². The van der Waals surface area contributed by atoms with Gasteiger partial charge >= 0.3 is 0 Å². The zero-order valence-electron chi connectivity index (χ0n) is 33.7. The summed E-state index contributed by atoms with van der Waals surface area (Å²) in [5.74, 6) is 1.89. The van der Waals surface area contributed by atoms with Crippen LogP contribution >= 0.6 is 0 Å². The van der Waals surface area contributed by atoms with Gasteiger partial charge in [0.05, 0.1) is 22.1 Å². The summed E-state index contributed by atoms with van der Waals surface area (Å²) in [5, 5.41) is 11.6. The van der Waals surface area contributed by atoms with E-state index < -0.39 is 0 Å². The molecule has 0 fully saturated rings. The molecule has 0 aliphatic rings. The maximum atomic E-state index is 6.66. The van der Waals surface area contributed by atoms with Crippen molar-refractivity contribution < 1.29 is 4.42 Å². The van der Waals surface area contributed by atoms with Crippen molar-refractivity contribution in [3.05, 3.63) is 200 Å². The van der Waals surface area contributed by atoms with Crippen molar-refractivity contribution in [2.24, 2.45) is 0 Å². The van der Waals surface area contributed by atoms with Crippen molar-refractivity contribution in [2.75, 3.05) is 0 Å². The van der Waals surface area contributed by atoms with E-state index in [0.29, 0.717) is 17.5 Å². The molecule has 0 amide bonds. The molecule has 292 valence electrons. The Bertz CT molecular complexity index is 4040. The number of fused-ring (bicyclic) bond motifs is 4. The number of hydrogen-bond acceptors (Lipinski definition) is 4. The first-order chi connectivity index (χ1) is 31.2. The summed E-state index contributed by atoms with van der Waals surface area (Å²) in [6.45, 7) is 0. The lowest BCUT2D eigenvalue weighted by atomic mass is 10.00. The van der Waals surface area contributed by atoms with Gasteiger partial charge in [-0.25, -0.2) is 15.0 Å². The Hall–Kier alpha value is -8.61. The van der Waals surface area contributed by atoms with Gasteiger partial charge in [0, 0.05) is 60.4 Å². The van der Waals surface area contributed by atoms with Crippen LogP contribution in [-0.2, 0) is 0 Å². The first-order valence-corrected chi connectivity index (χ1v) is 21.3. The van der Waals surface area contributed by atoms with E-state index in [0.717, 1.165) is 93.6 Å². The Morgan fingerprint density at radius 2 is 0.873 bits per heavy atom. The molecule has 0 saturated carbocycles. The van der Waals surface area contributed by atoms with Gasteiger partial charge in [-0.05, 0) is 88.3 Å². The molecule has 63 heavy (non-hydrogen) atoms. The number of rotatable bonds is 5. The molecule has 4 heterocycles. The third kappa shape index (κ3) is 4.97. The predicted octanol–water partition coefficient (Wildman–Crippen LogP) is 14.7. The minimum atomic E-state index is 0.623. The zero-order valence-corrected chi connectivity index (χ0v) is 33.7. The molecule has 0 N–H and O–H groups in total. The van der Waals surface area contributed by atoms with Gasteiger partial charge in [0.1, 0.15) is 11.2 Å². The van der Waals surface area contributed by atoms with Crippen molar-refractivity contribution in [3.63, 3.8) is 0 Å². The van der Waals surface area contributed by atoms with E-state index in [1.165, 1.54) is 21.5 Å². The maximum Gasteiger partial charge on any atom is 0.164 e. The first kappa shape index (κ1) is 34.1. The molecule has 0 bridgehead atoms. The molecule has 10 aromatic carbocycles. The first-order valence-electron chi connectivity index (χ1n) is 21.3. The molecule has 6 heteroatoms. The second kappa shape index (κ2) is 12.9. The summed E-state index contributed by atoms with van der Waals surface area (Å²) in [7, 11) is 0. The van der Waals surface area contributed by atoms with Crippen LogP contribution in [0.4, 0.5) is 0 Å². The second-order valence-electron chi connectivity index (χ2n) is 16.4. The fourth-order valence-electron chi connectivity index (χ4n) is 10.2. The van der Waals surface area contributed by atoms with Crippen molar-refractivity contribution >= 4 is 87.1 Å². The Morgan fingerprint density at radius 3 is 1.62 bits per heavy atom. The minimum absolute atomic E-state index is 0.623. The summed E-state index contributed by atoms with van der Waals surface area (Å²) >= 11 is 0. The van der Waals surface area contributed by atoms with E-state index >= 15 is 0 Å². The summed E-state index contributed by atoms with van der Waals surface area (Å²) in [5.41, 5.74) is 11.3. The quantitative estimate of drug-likeness (QED) is 0.174. The Morgan fingerprint density at radius 1 is 0.317 bits per heavy atom. The molecule has 0 saturated heterocycles. The van der Waals surface area contributed by atoms with Crippen molar-refractivity contribution in [2.45, 2.75) is 0 Å². The minimum Gasteiger partial charge on any atom is -0.456 e. The van der Waals surface area contributed by atoms with Crippen LogP contribution in [0.5, 0.6) is 0 Å². The fourth-order valence-corrected chi connectivity index (χ4v) is 10.2. The standard InChI is InChI=1S/C57H33N5O/c1-3-12-36(13-4-1)55-58-56(60-57(59-55)43-19-11-21-45-52(43)42-18-7-8-20-44(42)61(45)40-16-5-2-6-17-40)39-25-24-38-33-41(29-26-37(38)32-39)62-46-30-27-34-14-9-22-48-50(34)53(46)54-47(62)31-28-35-15-10-23-49(63-48)51(35)54/h1-33H. The van der Waals surface area contributed by atoms with Gasteiger partial charge in [-0.1, -0.05) is 133 Å². The summed E-state index contributed by atoms with van der Waals surface area (Å²) < 4.78 is 11.4. The van der Waals surface area contributed by atoms with Crippen LogP contribution in [0.25, 0.3) is 133 Å². The van der Waals surface area contributed by atoms with Crippen molar-refractivity contribution in [3.8, 4) is 45.5 Å². The lowest BCUT2D eigenvalue weighted by Gasteiger charge is -2.12. The van der Waals surface area contributed by atoms with Crippen LogP contribution in [0, 0.1) is 0 Å². The van der Waals surface area contributed by atoms with Crippen molar-refractivity contribution in [1.29, 1.82) is 0 Å². The van der Waals surface area contributed by atoms with E-state index in [1.807, 2.05) is 18.2 Å². The normalized spacial score (nSPS) is 12.1. The number of para-hydroxylation sites is 2. The molecule has 14 aromatic rings. The predicted molar refractivity (Wildman–Crippen MR) is 258 cm³/mol. The van der Waals surface area contributed by atoms with Crippen LogP contribution < -0.4 is 0 Å². The average molecular weight is 804 g/mol. The monoisotopic (exact) mass is 803 g/mol. The topological polar surface area (TPSA) is 61.7 Å². The number of hydrogen-bond donors (Lipinski definition) is 0. The van der Waals surface area contributed by atoms with Crippen LogP contribution in [0.2, 0.25) is 0 Å².